The van der Waals surface area contributed by atoms with Crippen LogP contribution in [0.25, 0.3) is 5.82 Å². The summed E-state index contributed by atoms with van der Waals surface area (Å²) >= 11 is 1.43. The molecule has 1 atom stereocenters. The molecular formula is C18H21N7OS. The fourth-order valence-electron chi connectivity index (χ4n) is 3.35. The number of nitrogens with one attached hydrogen (secondary N) is 1. The molecule has 1 saturated heterocycles. The predicted octanol–water partition coefficient (Wildman–Crippen LogP) is 2.59. The van der Waals surface area contributed by atoms with Gasteiger partial charge in [0.2, 0.25) is 5.91 Å². The molecule has 0 aliphatic carbocycles. The predicted molar refractivity (Wildman–Crippen MR) is 104 cm³/mol. The highest BCUT2D eigenvalue weighted by atomic mass is 32.1. The van der Waals surface area contributed by atoms with Crippen LogP contribution in [0.5, 0.6) is 0 Å². The fourth-order valence-corrected chi connectivity index (χ4v) is 3.88. The number of aryl methyl sites for hydroxylation is 2. The van der Waals surface area contributed by atoms with Crippen molar-refractivity contribution in [2.75, 3.05) is 23.3 Å². The van der Waals surface area contributed by atoms with Gasteiger partial charge in [0.25, 0.3) is 0 Å². The number of carbonyl (C=O) groups is 1. The monoisotopic (exact) mass is 383 g/mol. The number of anilines is 2. The molecule has 8 nitrogen and oxygen atoms in total. The molecule has 140 valence electrons. The molecule has 3 aromatic rings. The Bertz CT molecular complexity index is 920. The Labute approximate surface area is 161 Å². The summed E-state index contributed by atoms with van der Waals surface area (Å²) in [6.45, 7) is 5.45. The minimum atomic E-state index is -0.0832. The van der Waals surface area contributed by atoms with Gasteiger partial charge in [-0.2, -0.15) is 5.10 Å². The summed E-state index contributed by atoms with van der Waals surface area (Å²) in [6, 6.07) is 5.87. The molecule has 1 fully saturated rings. The molecule has 3 aromatic heterocycles. The van der Waals surface area contributed by atoms with Gasteiger partial charge >= 0.3 is 0 Å². The average Bonchev–Trinajstić information content (AvgIpc) is 3.31. The summed E-state index contributed by atoms with van der Waals surface area (Å²) in [7, 11) is 0. The molecule has 1 aliphatic rings. The molecule has 0 radical (unpaired) electrons. The van der Waals surface area contributed by atoms with E-state index in [1.807, 2.05) is 37.4 Å². The van der Waals surface area contributed by atoms with E-state index in [2.05, 4.69) is 30.5 Å². The number of rotatable bonds is 4. The summed E-state index contributed by atoms with van der Waals surface area (Å²) in [5.74, 6) is 1.41. The van der Waals surface area contributed by atoms with Crippen molar-refractivity contribution in [3.63, 3.8) is 0 Å². The number of aromatic nitrogens is 5. The van der Waals surface area contributed by atoms with E-state index in [1.165, 1.54) is 11.3 Å². The highest BCUT2D eigenvalue weighted by Crippen LogP contribution is 2.23. The largest absolute Gasteiger partial charge is 0.354 e. The Kier molecular flexibility index (Phi) is 4.85. The van der Waals surface area contributed by atoms with Crippen LogP contribution < -0.4 is 10.2 Å². The Balaban J connectivity index is 1.45. The molecule has 0 spiro atoms. The minimum absolute atomic E-state index is 0.0156. The van der Waals surface area contributed by atoms with Crippen LogP contribution >= 0.6 is 11.3 Å². The lowest BCUT2D eigenvalue weighted by molar-refractivity contribution is -0.120. The van der Waals surface area contributed by atoms with Gasteiger partial charge < -0.3 is 10.2 Å². The van der Waals surface area contributed by atoms with Crippen LogP contribution in [0.2, 0.25) is 0 Å². The van der Waals surface area contributed by atoms with E-state index in [1.54, 1.807) is 10.9 Å². The third-order valence-corrected chi connectivity index (χ3v) is 5.33. The van der Waals surface area contributed by atoms with Gasteiger partial charge in [0.05, 0.1) is 11.6 Å². The molecule has 4 rings (SSSR count). The normalized spacial score (nSPS) is 17.1. The Morgan fingerprint density at radius 3 is 2.74 bits per heavy atom. The van der Waals surface area contributed by atoms with E-state index < -0.39 is 0 Å². The zero-order valence-corrected chi connectivity index (χ0v) is 16.1. The van der Waals surface area contributed by atoms with E-state index in [4.69, 9.17) is 0 Å². The molecule has 1 amide bonds. The molecule has 1 aliphatic heterocycles. The second-order valence-electron chi connectivity index (χ2n) is 6.70. The second-order valence-corrected chi connectivity index (χ2v) is 7.59. The van der Waals surface area contributed by atoms with Crippen LogP contribution in [0.1, 0.15) is 24.2 Å². The van der Waals surface area contributed by atoms with Gasteiger partial charge in [-0.15, -0.1) is 21.5 Å². The molecule has 9 heteroatoms. The Morgan fingerprint density at radius 2 is 2.07 bits per heavy atom. The summed E-state index contributed by atoms with van der Waals surface area (Å²) in [5, 5.41) is 18.5. The smallest absolute Gasteiger partial charge is 0.231 e. The van der Waals surface area contributed by atoms with Gasteiger partial charge in [-0.3, -0.25) is 4.79 Å². The number of nitrogens with zero attached hydrogens (tertiary/aromatic N) is 6. The maximum Gasteiger partial charge on any atom is 0.231 e. The summed E-state index contributed by atoms with van der Waals surface area (Å²) in [6.07, 6.45) is 3.50. The van der Waals surface area contributed by atoms with Gasteiger partial charge in [0.1, 0.15) is 0 Å². The average molecular weight is 383 g/mol. The van der Waals surface area contributed by atoms with Crippen LogP contribution in [0, 0.1) is 19.8 Å². The van der Waals surface area contributed by atoms with Crippen molar-refractivity contribution in [3.05, 3.63) is 41.2 Å². The van der Waals surface area contributed by atoms with Crippen LogP contribution in [0.4, 0.5) is 10.9 Å². The zero-order valence-electron chi connectivity index (χ0n) is 15.3. The lowest BCUT2D eigenvalue weighted by Gasteiger charge is -2.32. The van der Waals surface area contributed by atoms with Crippen LogP contribution in [-0.4, -0.2) is 44.0 Å². The molecule has 4 heterocycles. The standard InChI is InChI=1S/C18H21N7OS/c1-12-10-13(2)25(23-12)16-6-5-15(21-22-16)24-8-3-4-14(11-24)17(26)20-18-19-7-9-27-18/h5-7,9-10,14H,3-4,8,11H2,1-2H3,(H,19,20,26). The first-order valence-corrected chi connectivity index (χ1v) is 9.81. The molecule has 1 N–H and O–H groups in total. The fraction of sp³-hybridized carbons (Fsp3) is 0.389. The van der Waals surface area contributed by atoms with E-state index in [-0.39, 0.29) is 11.8 Å². The Morgan fingerprint density at radius 1 is 1.26 bits per heavy atom. The highest BCUT2D eigenvalue weighted by Gasteiger charge is 2.27. The van der Waals surface area contributed by atoms with E-state index in [0.717, 1.165) is 36.6 Å². The van der Waals surface area contributed by atoms with Gasteiger partial charge in [-0.25, -0.2) is 9.67 Å². The van der Waals surface area contributed by atoms with E-state index >= 15 is 0 Å². The molecule has 0 saturated carbocycles. The third kappa shape index (κ3) is 3.82. The molecular weight excluding hydrogens is 362 g/mol. The molecule has 1 unspecified atom stereocenters. The highest BCUT2D eigenvalue weighted by molar-refractivity contribution is 7.13. The molecule has 27 heavy (non-hydrogen) atoms. The van der Waals surface area contributed by atoms with Gasteiger partial charge in [-0.1, -0.05) is 0 Å². The van der Waals surface area contributed by atoms with Crippen molar-refractivity contribution in [1.82, 2.24) is 25.0 Å². The van der Waals surface area contributed by atoms with Gasteiger partial charge in [0.15, 0.2) is 16.8 Å². The number of piperidine rings is 1. The molecule has 0 bridgehead atoms. The first-order chi connectivity index (χ1) is 13.1. The van der Waals surface area contributed by atoms with Crippen molar-refractivity contribution in [2.24, 2.45) is 5.92 Å². The van der Waals surface area contributed by atoms with E-state index in [9.17, 15) is 4.79 Å². The first-order valence-electron chi connectivity index (χ1n) is 8.93. The van der Waals surface area contributed by atoms with Crippen molar-refractivity contribution in [3.8, 4) is 5.82 Å². The maximum atomic E-state index is 12.5. The van der Waals surface area contributed by atoms with Gasteiger partial charge in [0, 0.05) is 30.4 Å². The third-order valence-electron chi connectivity index (χ3n) is 4.64. The van der Waals surface area contributed by atoms with Crippen LogP contribution in [0.3, 0.4) is 0 Å². The van der Waals surface area contributed by atoms with Crippen LogP contribution in [0.15, 0.2) is 29.8 Å². The van der Waals surface area contributed by atoms with Gasteiger partial charge in [-0.05, 0) is 44.9 Å². The maximum absolute atomic E-state index is 12.5. The Hall–Kier alpha value is -2.81. The first kappa shape index (κ1) is 17.6. The van der Waals surface area contributed by atoms with E-state index in [0.29, 0.717) is 17.5 Å². The molecule has 0 aromatic carbocycles. The van der Waals surface area contributed by atoms with Crippen molar-refractivity contribution >= 4 is 28.2 Å². The summed E-state index contributed by atoms with van der Waals surface area (Å²) in [5.41, 5.74) is 1.97. The lowest BCUT2D eigenvalue weighted by Crippen LogP contribution is -2.41. The number of hydrogen-bond acceptors (Lipinski definition) is 7. The van der Waals surface area contributed by atoms with Crippen molar-refractivity contribution < 1.29 is 4.79 Å². The summed E-state index contributed by atoms with van der Waals surface area (Å²) in [4.78, 5) is 18.7. The quantitative estimate of drug-likeness (QED) is 0.745. The number of thiazole rings is 1. The van der Waals surface area contributed by atoms with Crippen LogP contribution in [-0.2, 0) is 4.79 Å². The zero-order chi connectivity index (χ0) is 18.8. The second kappa shape index (κ2) is 7.43. The van der Waals surface area contributed by atoms with Crippen molar-refractivity contribution in [2.45, 2.75) is 26.7 Å². The summed E-state index contributed by atoms with van der Waals surface area (Å²) < 4.78 is 1.78. The topological polar surface area (TPSA) is 88.8 Å². The minimum Gasteiger partial charge on any atom is -0.354 e. The SMILES string of the molecule is Cc1cc(C)n(-c2ccc(N3CCCC(C(=O)Nc4nccs4)C3)nn2)n1. The number of carbonyl (C=O) groups excluding carboxylic acids is 1. The number of hydrogen-bond donors (Lipinski definition) is 1. The number of amides is 1. The lowest BCUT2D eigenvalue weighted by atomic mass is 9.97. The van der Waals surface area contributed by atoms with Crippen molar-refractivity contribution in [1.29, 1.82) is 0 Å².